The summed E-state index contributed by atoms with van der Waals surface area (Å²) in [6.45, 7) is 2.10. The van der Waals surface area contributed by atoms with E-state index in [4.69, 9.17) is 23.7 Å². The minimum absolute atomic E-state index is 0.211. The van der Waals surface area contributed by atoms with E-state index in [1.165, 1.54) is 21.3 Å². The molecule has 2 aromatic carbocycles. The van der Waals surface area contributed by atoms with Gasteiger partial charge in [0.1, 0.15) is 5.75 Å². The number of carbonyl (C=O) groups is 1. The zero-order valence-corrected chi connectivity index (χ0v) is 15.1. The van der Waals surface area contributed by atoms with Crippen molar-refractivity contribution in [2.24, 2.45) is 0 Å². The number of benzene rings is 2. The number of rotatable bonds is 6. The summed E-state index contributed by atoms with van der Waals surface area (Å²) in [7, 11) is 4.54. The molecule has 1 atom stereocenters. The molecule has 0 aliphatic carbocycles. The van der Waals surface area contributed by atoms with Crippen LogP contribution in [0.4, 0.5) is 0 Å². The van der Waals surface area contributed by atoms with E-state index in [1.807, 2.05) is 25.1 Å². The minimum Gasteiger partial charge on any atom is -0.496 e. The van der Waals surface area contributed by atoms with Gasteiger partial charge in [-0.15, -0.1) is 0 Å². The molecule has 7 heteroatoms. The average molecular weight is 359 g/mol. The van der Waals surface area contributed by atoms with Crippen LogP contribution in [0.1, 0.15) is 28.9 Å². The third kappa shape index (κ3) is 3.33. The normalized spacial score (nSPS) is 13.1. The van der Waals surface area contributed by atoms with Crippen molar-refractivity contribution in [2.75, 3.05) is 28.1 Å². The van der Waals surface area contributed by atoms with Crippen molar-refractivity contribution in [3.8, 4) is 28.7 Å². The lowest BCUT2D eigenvalue weighted by Crippen LogP contribution is -2.27. The Hall–Kier alpha value is -3.09. The molecule has 0 radical (unpaired) electrons. The summed E-state index contributed by atoms with van der Waals surface area (Å²) in [5.41, 5.74) is 1.26. The highest BCUT2D eigenvalue weighted by atomic mass is 16.7. The Kier molecular flexibility index (Phi) is 5.06. The highest BCUT2D eigenvalue weighted by Crippen LogP contribution is 2.36. The number of carbonyl (C=O) groups excluding carboxylic acids is 1. The van der Waals surface area contributed by atoms with Gasteiger partial charge in [0.25, 0.3) is 5.91 Å². The second-order valence-corrected chi connectivity index (χ2v) is 5.72. The van der Waals surface area contributed by atoms with E-state index in [1.54, 1.807) is 12.1 Å². The van der Waals surface area contributed by atoms with E-state index in [0.29, 0.717) is 34.3 Å². The van der Waals surface area contributed by atoms with Crippen molar-refractivity contribution in [3.05, 3.63) is 41.5 Å². The predicted molar refractivity (Wildman–Crippen MR) is 94.5 cm³/mol. The van der Waals surface area contributed by atoms with Gasteiger partial charge >= 0.3 is 0 Å². The Labute approximate surface area is 151 Å². The van der Waals surface area contributed by atoms with Gasteiger partial charge in [0.15, 0.2) is 23.0 Å². The van der Waals surface area contributed by atoms with Crippen molar-refractivity contribution in [1.29, 1.82) is 0 Å². The molecule has 26 heavy (non-hydrogen) atoms. The first-order valence-electron chi connectivity index (χ1n) is 8.07. The zero-order chi connectivity index (χ0) is 18.7. The summed E-state index contributed by atoms with van der Waals surface area (Å²) >= 11 is 0. The van der Waals surface area contributed by atoms with Crippen LogP contribution in [-0.2, 0) is 0 Å². The standard InChI is InChI=1S/C19H21NO6/c1-11(12-5-6-14-18(7-12)26-10-25-14)20-19(21)13-8-16(23-3)17(24-4)9-15(13)22-2/h5-9,11H,10H2,1-4H3,(H,20,21)/t11-/m0/s1. The Balaban J connectivity index is 1.83. The largest absolute Gasteiger partial charge is 0.496 e. The molecule has 0 unspecified atom stereocenters. The van der Waals surface area contributed by atoms with Crippen LogP contribution < -0.4 is 29.0 Å². The van der Waals surface area contributed by atoms with Gasteiger partial charge in [0.05, 0.1) is 32.9 Å². The summed E-state index contributed by atoms with van der Waals surface area (Å²) in [6.07, 6.45) is 0. The fourth-order valence-corrected chi connectivity index (χ4v) is 2.75. The molecule has 0 saturated heterocycles. The number of ether oxygens (including phenoxy) is 5. The summed E-state index contributed by atoms with van der Waals surface area (Å²) in [5.74, 6) is 2.44. The lowest BCUT2D eigenvalue weighted by molar-refractivity contribution is 0.0936. The van der Waals surface area contributed by atoms with Crippen LogP contribution in [0.5, 0.6) is 28.7 Å². The first-order valence-corrected chi connectivity index (χ1v) is 8.07. The summed E-state index contributed by atoms with van der Waals surface area (Å²) in [4.78, 5) is 12.8. The van der Waals surface area contributed by atoms with E-state index in [9.17, 15) is 4.79 Å². The van der Waals surface area contributed by atoms with E-state index in [-0.39, 0.29) is 18.7 Å². The number of fused-ring (bicyclic) bond motifs is 1. The predicted octanol–water partition coefficient (Wildman–Crippen LogP) is 2.93. The maximum absolute atomic E-state index is 12.8. The third-order valence-electron chi connectivity index (χ3n) is 4.19. The van der Waals surface area contributed by atoms with Gasteiger partial charge < -0.3 is 29.0 Å². The average Bonchev–Trinajstić information content (AvgIpc) is 3.14. The second-order valence-electron chi connectivity index (χ2n) is 5.72. The van der Waals surface area contributed by atoms with E-state index < -0.39 is 0 Å². The highest BCUT2D eigenvalue weighted by Gasteiger charge is 2.21. The van der Waals surface area contributed by atoms with Crippen molar-refractivity contribution in [1.82, 2.24) is 5.32 Å². The van der Waals surface area contributed by atoms with E-state index in [2.05, 4.69) is 5.32 Å². The summed E-state index contributed by atoms with van der Waals surface area (Å²) < 4.78 is 26.5. The molecule has 1 aliphatic heterocycles. The first kappa shape index (κ1) is 17.7. The molecule has 1 aliphatic rings. The number of amides is 1. The molecule has 138 valence electrons. The molecule has 7 nitrogen and oxygen atoms in total. The van der Waals surface area contributed by atoms with Crippen LogP contribution in [0.15, 0.2) is 30.3 Å². The summed E-state index contributed by atoms with van der Waals surface area (Å²) in [6, 6.07) is 8.56. The molecular formula is C19H21NO6. The molecule has 0 bridgehead atoms. The van der Waals surface area contributed by atoms with Crippen LogP contribution in [-0.4, -0.2) is 34.0 Å². The number of hydrogen-bond donors (Lipinski definition) is 1. The van der Waals surface area contributed by atoms with Crippen molar-refractivity contribution in [2.45, 2.75) is 13.0 Å². The maximum Gasteiger partial charge on any atom is 0.255 e. The van der Waals surface area contributed by atoms with Crippen LogP contribution in [0.25, 0.3) is 0 Å². The first-order chi connectivity index (χ1) is 12.6. The third-order valence-corrected chi connectivity index (χ3v) is 4.19. The SMILES string of the molecule is COc1cc(OC)c(C(=O)N[C@@H](C)c2ccc3c(c2)OCO3)cc1OC. The van der Waals surface area contributed by atoms with Crippen molar-refractivity contribution >= 4 is 5.91 Å². The fraction of sp³-hybridized carbons (Fsp3) is 0.316. The van der Waals surface area contributed by atoms with E-state index in [0.717, 1.165) is 5.56 Å². The van der Waals surface area contributed by atoms with Gasteiger partial charge in [-0.2, -0.15) is 0 Å². The van der Waals surface area contributed by atoms with Gasteiger partial charge in [-0.3, -0.25) is 4.79 Å². The maximum atomic E-state index is 12.8. The Morgan fingerprint density at radius 3 is 2.31 bits per heavy atom. The van der Waals surface area contributed by atoms with Gasteiger partial charge in [-0.1, -0.05) is 6.07 Å². The minimum atomic E-state index is -0.284. The lowest BCUT2D eigenvalue weighted by atomic mass is 10.1. The van der Waals surface area contributed by atoms with Gasteiger partial charge in [0, 0.05) is 12.1 Å². The molecule has 1 heterocycles. The van der Waals surface area contributed by atoms with Gasteiger partial charge in [-0.05, 0) is 24.6 Å². The quantitative estimate of drug-likeness (QED) is 0.855. The van der Waals surface area contributed by atoms with Crippen LogP contribution in [0.3, 0.4) is 0 Å². The Morgan fingerprint density at radius 1 is 0.962 bits per heavy atom. The van der Waals surface area contributed by atoms with Crippen molar-refractivity contribution in [3.63, 3.8) is 0 Å². The fourth-order valence-electron chi connectivity index (χ4n) is 2.75. The molecule has 0 saturated carbocycles. The lowest BCUT2D eigenvalue weighted by Gasteiger charge is -2.17. The Morgan fingerprint density at radius 2 is 1.62 bits per heavy atom. The zero-order valence-electron chi connectivity index (χ0n) is 15.1. The monoisotopic (exact) mass is 359 g/mol. The number of methoxy groups -OCH3 is 3. The van der Waals surface area contributed by atoms with Crippen molar-refractivity contribution < 1.29 is 28.5 Å². The molecule has 0 aromatic heterocycles. The topological polar surface area (TPSA) is 75.3 Å². The molecule has 2 aromatic rings. The Bertz CT molecular complexity index is 820. The summed E-state index contributed by atoms with van der Waals surface area (Å²) in [5, 5.41) is 2.96. The van der Waals surface area contributed by atoms with E-state index >= 15 is 0 Å². The molecule has 3 rings (SSSR count). The smallest absolute Gasteiger partial charge is 0.255 e. The second kappa shape index (κ2) is 7.43. The van der Waals surface area contributed by atoms with Gasteiger partial charge in [0.2, 0.25) is 6.79 Å². The van der Waals surface area contributed by atoms with Gasteiger partial charge in [-0.25, -0.2) is 0 Å². The number of hydrogen-bond acceptors (Lipinski definition) is 6. The van der Waals surface area contributed by atoms with Crippen LogP contribution in [0.2, 0.25) is 0 Å². The van der Waals surface area contributed by atoms with Crippen LogP contribution in [0, 0.1) is 0 Å². The number of nitrogens with one attached hydrogen (secondary N) is 1. The van der Waals surface area contributed by atoms with Crippen LogP contribution >= 0.6 is 0 Å². The molecule has 1 amide bonds. The molecular weight excluding hydrogens is 338 g/mol. The molecule has 0 fully saturated rings. The molecule has 0 spiro atoms. The highest BCUT2D eigenvalue weighted by molar-refractivity contribution is 5.98. The molecule has 1 N–H and O–H groups in total.